The Morgan fingerprint density at radius 2 is 1.92 bits per heavy atom. The molecule has 3 N–H and O–H groups in total. The monoisotopic (exact) mass is 377 g/mol. The molecule has 1 heterocycles. The fraction of sp³-hybridized carbons (Fsp3) is 0.389. The number of thiazole rings is 1. The van der Waals surface area contributed by atoms with Crippen molar-refractivity contribution in [2.45, 2.75) is 20.3 Å². The molecule has 0 saturated heterocycles. The van der Waals surface area contributed by atoms with Gasteiger partial charge in [0.15, 0.2) is 5.96 Å². The zero-order chi connectivity index (χ0) is 18.9. The second-order valence-corrected chi connectivity index (χ2v) is 6.62. The van der Waals surface area contributed by atoms with Crippen LogP contribution in [0.3, 0.4) is 0 Å². The van der Waals surface area contributed by atoms with Crippen LogP contribution in [-0.2, 0) is 6.42 Å². The number of hydrogen-bond acceptors (Lipinski definition) is 4. The molecule has 0 aliphatic heterocycles. The third kappa shape index (κ3) is 5.80. The summed E-state index contributed by atoms with van der Waals surface area (Å²) in [5.74, 6) is 0.335. The van der Waals surface area contributed by atoms with E-state index < -0.39 is 0 Å². The summed E-state index contributed by atoms with van der Waals surface area (Å²) in [6.45, 7) is 5.43. The molecule has 0 unspecified atom stereocenters. The van der Waals surface area contributed by atoms with Gasteiger partial charge in [0.05, 0.1) is 11.2 Å². The Hall–Kier alpha value is -2.48. The SMILES string of the molecule is CN=C(NCCNC(=O)c1scnc1C)NCCc1ccc(F)cc1C. The molecule has 1 aromatic carbocycles. The van der Waals surface area contributed by atoms with Crippen LogP contribution >= 0.6 is 11.3 Å². The van der Waals surface area contributed by atoms with Crippen LogP contribution in [0.5, 0.6) is 0 Å². The van der Waals surface area contributed by atoms with E-state index in [2.05, 4.69) is 25.9 Å². The first kappa shape index (κ1) is 19.8. The molecule has 0 atom stereocenters. The lowest BCUT2D eigenvalue weighted by Crippen LogP contribution is -2.42. The van der Waals surface area contributed by atoms with E-state index in [-0.39, 0.29) is 11.7 Å². The summed E-state index contributed by atoms with van der Waals surface area (Å²) in [7, 11) is 1.69. The van der Waals surface area contributed by atoms with E-state index in [0.29, 0.717) is 30.5 Å². The Morgan fingerprint density at radius 1 is 1.19 bits per heavy atom. The van der Waals surface area contributed by atoms with E-state index in [1.165, 1.54) is 23.5 Å². The van der Waals surface area contributed by atoms with Crippen LogP contribution in [0, 0.1) is 19.7 Å². The van der Waals surface area contributed by atoms with Crippen molar-refractivity contribution < 1.29 is 9.18 Å². The number of rotatable bonds is 7. The van der Waals surface area contributed by atoms with Crippen molar-refractivity contribution in [3.05, 3.63) is 51.2 Å². The number of nitrogens with one attached hydrogen (secondary N) is 3. The molecule has 1 aromatic heterocycles. The van der Waals surface area contributed by atoms with Crippen LogP contribution in [0.2, 0.25) is 0 Å². The Morgan fingerprint density at radius 3 is 2.58 bits per heavy atom. The molecule has 0 aliphatic carbocycles. The Balaban J connectivity index is 1.68. The molecule has 0 bridgehead atoms. The molecule has 0 spiro atoms. The van der Waals surface area contributed by atoms with Gasteiger partial charge in [-0.2, -0.15) is 0 Å². The summed E-state index contributed by atoms with van der Waals surface area (Å²) in [5.41, 5.74) is 4.45. The van der Waals surface area contributed by atoms with E-state index in [4.69, 9.17) is 0 Å². The Bertz CT molecular complexity index is 775. The smallest absolute Gasteiger partial charge is 0.263 e. The molecule has 8 heteroatoms. The normalized spacial score (nSPS) is 11.3. The largest absolute Gasteiger partial charge is 0.356 e. The van der Waals surface area contributed by atoms with Gasteiger partial charge < -0.3 is 16.0 Å². The van der Waals surface area contributed by atoms with Crippen LogP contribution in [-0.4, -0.2) is 43.5 Å². The van der Waals surface area contributed by atoms with Crippen LogP contribution in [0.1, 0.15) is 26.5 Å². The number of guanidine groups is 1. The fourth-order valence-electron chi connectivity index (χ4n) is 2.43. The van der Waals surface area contributed by atoms with Gasteiger partial charge in [0.2, 0.25) is 0 Å². The molecule has 26 heavy (non-hydrogen) atoms. The topological polar surface area (TPSA) is 78.4 Å². The number of hydrogen-bond donors (Lipinski definition) is 3. The first-order valence-electron chi connectivity index (χ1n) is 8.39. The minimum absolute atomic E-state index is 0.110. The van der Waals surface area contributed by atoms with Gasteiger partial charge in [0.1, 0.15) is 10.7 Å². The highest BCUT2D eigenvalue weighted by molar-refractivity contribution is 7.11. The number of aromatic nitrogens is 1. The standard InChI is InChI=1S/C18H24FN5OS/c1-12-10-15(19)5-4-14(12)6-7-22-18(20-3)23-9-8-21-17(25)16-13(2)24-11-26-16/h4-5,10-11H,6-9H2,1-3H3,(H,21,25)(H2,20,22,23). The average Bonchev–Trinajstić information content (AvgIpc) is 3.04. The summed E-state index contributed by atoms with van der Waals surface area (Å²) in [5, 5.41) is 9.21. The third-order valence-corrected chi connectivity index (χ3v) is 4.80. The molecule has 6 nitrogen and oxygen atoms in total. The van der Waals surface area contributed by atoms with Gasteiger partial charge in [-0.15, -0.1) is 11.3 Å². The zero-order valence-electron chi connectivity index (χ0n) is 15.2. The van der Waals surface area contributed by atoms with E-state index in [9.17, 15) is 9.18 Å². The molecular weight excluding hydrogens is 353 g/mol. The predicted octanol–water partition coefficient (Wildman–Crippen LogP) is 2.04. The van der Waals surface area contributed by atoms with Gasteiger partial charge in [0.25, 0.3) is 5.91 Å². The minimum Gasteiger partial charge on any atom is -0.356 e. The van der Waals surface area contributed by atoms with Gasteiger partial charge in [-0.05, 0) is 43.5 Å². The highest BCUT2D eigenvalue weighted by Crippen LogP contribution is 2.11. The lowest BCUT2D eigenvalue weighted by atomic mass is 10.1. The molecular formula is C18H24FN5OS. The van der Waals surface area contributed by atoms with E-state index >= 15 is 0 Å². The summed E-state index contributed by atoms with van der Waals surface area (Å²) in [4.78, 5) is 20.8. The average molecular weight is 377 g/mol. The molecule has 0 radical (unpaired) electrons. The van der Waals surface area contributed by atoms with Crippen molar-refractivity contribution in [1.82, 2.24) is 20.9 Å². The summed E-state index contributed by atoms with van der Waals surface area (Å²) in [6, 6.07) is 4.82. The fourth-order valence-corrected chi connectivity index (χ4v) is 3.15. The van der Waals surface area contributed by atoms with Crippen LogP contribution < -0.4 is 16.0 Å². The minimum atomic E-state index is -0.216. The Kier molecular flexibility index (Phi) is 7.53. The first-order chi connectivity index (χ1) is 12.5. The van der Waals surface area contributed by atoms with Gasteiger partial charge in [-0.1, -0.05) is 6.07 Å². The second-order valence-electron chi connectivity index (χ2n) is 5.77. The van der Waals surface area contributed by atoms with E-state index in [1.807, 2.05) is 13.8 Å². The quantitative estimate of drug-likeness (QED) is 0.392. The summed E-state index contributed by atoms with van der Waals surface area (Å²) in [6.07, 6.45) is 0.772. The number of aryl methyl sites for hydroxylation is 2. The van der Waals surface area contributed by atoms with Crippen molar-refractivity contribution in [1.29, 1.82) is 0 Å². The van der Waals surface area contributed by atoms with Crippen LogP contribution in [0.15, 0.2) is 28.7 Å². The number of nitrogens with zero attached hydrogens (tertiary/aromatic N) is 2. The molecule has 2 rings (SSSR count). The highest BCUT2D eigenvalue weighted by atomic mass is 32.1. The van der Waals surface area contributed by atoms with Crippen LogP contribution in [0.4, 0.5) is 4.39 Å². The Labute approximate surface area is 157 Å². The number of benzene rings is 1. The van der Waals surface area contributed by atoms with Gasteiger partial charge in [0, 0.05) is 26.7 Å². The molecule has 140 valence electrons. The molecule has 0 fully saturated rings. The van der Waals surface area contributed by atoms with Gasteiger partial charge in [-0.25, -0.2) is 9.37 Å². The number of halogens is 1. The molecule has 2 aromatic rings. The number of amides is 1. The van der Waals surface area contributed by atoms with Crippen molar-refractivity contribution in [3.63, 3.8) is 0 Å². The number of aliphatic imine (C=N–C) groups is 1. The molecule has 1 amide bonds. The third-order valence-electron chi connectivity index (χ3n) is 3.87. The van der Waals surface area contributed by atoms with Crippen molar-refractivity contribution in [3.8, 4) is 0 Å². The maximum Gasteiger partial charge on any atom is 0.263 e. The van der Waals surface area contributed by atoms with Crippen LogP contribution in [0.25, 0.3) is 0 Å². The maximum atomic E-state index is 13.1. The highest BCUT2D eigenvalue weighted by Gasteiger charge is 2.10. The van der Waals surface area contributed by atoms with E-state index in [1.54, 1.807) is 18.6 Å². The summed E-state index contributed by atoms with van der Waals surface area (Å²) >= 11 is 1.33. The number of carbonyl (C=O) groups is 1. The van der Waals surface area contributed by atoms with Crippen molar-refractivity contribution >= 4 is 23.2 Å². The van der Waals surface area contributed by atoms with E-state index in [0.717, 1.165) is 23.2 Å². The van der Waals surface area contributed by atoms with Crippen molar-refractivity contribution in [2.24, 2.45) is 4.99 Å². The van der Waals surface area contributed by atoms with Gasteiger partial charge in [-0.3, -0.25) is 9.79 Å². The molecule has 0 saturated carbocycles. The number of carbonyl (C=O) groups excluding carboxylic acids is 1. The van der Waals surface area contributed by atoms with Gasteiger partial charge >= 0.3 is 0 Å². The second kappa shape index (κ2) is 9.86. The predicted molar refractivity (Wildman–Crippen MR) is 103 cm³/mol. The first-order valence-corrected chi connectivity index (χ1v) is 9.27. The zero-order valence-corrected chi connectivity index (χ0v) is 16.0. The van der Waals surface area contributed by atoms with Crippen molar-refractivity contribution in [2.75, 3.05) is 26.7 Å². The maximum absolute atomic E-state index is 13.1. The lowest BCUT2D eigenvalue weighted by Gasteiger charge is -2.13. The summed E-state index contributed by atoms with van der Waals surface area (Å²) < 4.78 is 13.1. The molecule has 0 aliphatic rings. The lowest BCUT2D eigenvalue weighted by molar-refractivity contribution is 0.0957.